The van der Waals surface area contributed by atoms with Crippen LogP contribution in [0.15, 0.2) is 24.3 Å². The number of carbonyl (C=O) groups is 1. The van der Waals surface area contributed by atoms with Gasteiger partial charge in [-0.25, -0.2) is 0 Å². The number of hydrogen-bond acceptors (Lipinski definition) is 3. The maximum absolute atomic E-state index is 11.3. The Morgan fingerprint density at radius 2 is 2.00 bits per heavy atom. The molecule has 110 valence electrons. The van der Waals surface area contributed by atoms with Crippen molar-refractivity contribution in [3.63, 3.8) is 0 Å². The SMILES string of the molecule is CCOc1ccc(C(O)C2CC(C)CC2C(=O)O)cc1. The Hall–Kier alpha value is -1.55. The van der Waals surface area contributed by atoms with Crippen LogP contribution in [0.4, 0.5) is 0 Å². The smallest absolute Gasteiger partial charge is 0.306 e. The predicted molar refractivity (Wildman–Crippen MR) is 75.6 cm³/mol. The molecule has 4 atom stereocenters. The lowest BCUT2D eigenvalue weighted by Crippen LogP contribution is -2.23. The van der Waals surface area contributed by atoms with Crippen molar-refractivity contribution >= 4 is 5.97 Å². The summed E-state index contributed by atoms with van der Waals surface area (Å²) >= 11 is 0. The average molecular weight is 278 g/mol. The minimum absolute atomic E-state index is 0.208. The number of aliphatic hydroxyl groups excluding tert-OH is 1. The molecule has 4 nitrogen and oxygen atoms in total. The van der Waals surface area contributed by atoms with Gasteiger partial charge >= 0.3 is 5.97 Å². The fourth-order valence-electron chi connectivity index (χ4n) is 3.14. The molecule has 0 saturated heterocycles. The summed E-state index contributed by atoms with van der Waals surface area (Å²) in [6.07, 6.45) is 0.677. The van der Waals surface area contributed by atoms with Crippen LogP contribution in [0.3, 0.4) is 0 Å². The van der Waals surface area contributed by atoms with E-state index in [1.165, 1.54) is 0 Å². The zero-order chi connectivity index (χ0) is 14.7. The predicted octanol–water partition coefficient (Wildman–Crippen LogP) is 2.87. The van der Waals surface area contributed by atoms with Crippen LogP contribution in [0.2, 0.25) is 0 Å². The van der Waals surface area contributed by atoms with Gasteiger partial charge in [0, 0.05) is 5.92 Å². The van der Waals surface area contributed by atoms with Crippen molar-refractivity contribution in [1.82, 2.24) is 0 Å². The molecule has 0 bridgehead atoms. The van der Waals surface area contributed by atoms with E-state index >= 15 is 0 Å². The van der Waals surface area contributed by atoms with Crippen LogP contribution >= 0.6 is 0 Å². The molecule has 0 aromatic heterocycles. The van der Waals surface area contributed by atoms with Crippen molar-refractivity contribution in [2.45, 2.75) is 32.8 Å². The molecule has 4 unspecified atom stereocenters. The van der Waals surface area contributed by atoms with Gasteiger partial charge in [0.05, 0.1) is 18.6 Å². The number of carboxylic acid groups (broad SMARTS) is 1. The first-order chi connectivity index (χ1) is 9.52. The molecule has 1 aliphatic rings. The molecule has 0 aliphatic heterocycles. The summed E-state index contributed by atoms with van der Waals surface area (Å²) in [6.45, 7) is 4.56. The second-order valence-electron chi connectivity index (χ2n) is 5.63. The normalized spacial score (nSPS) is 27.2. The summed E-state index contributed by atoms with van der Waals surface area (Å²) in [7, 11) is 0. The fraction of sp³-hybridized carbons (Fsp3) is 0.562. The van der Waals surface area contributed by atoms with E-state index in [1.54, 1.807) is 0 Å². The Labute approximate surface area is 119 Å². The van der Waals surface area contributed by atoms with Crippen molar-refractivity contribution in [3.8, 4) is 5.75 Å². The Bertz CT molecular complexity index is 454. The molecule has 0 amide bonds. The van der Waals surface area contributed by atoms with Crippen LogP contribution < -0.4 is 4.74 Å². The van der Waals surface area contributed by atoms with Crippen molar-refractivity contribution in [2.75, 3.05) is 6.61 Å². The number of rotatable bonds is 5. The molecule has 1 fully saturated rings. The lowest BCUT2D eigenvalue weighted by atomic mass is 9.87. The maximum Gasteiger partial charge on any atom is 0.306 e. The first kappa shape index (κ1) is 14.9. The summed E-state index contributed by atoms with van der Waals surface area (Å²) in [5.74, 6) is -0.354. The summed E-state index contributed by atoms with van der Waals surface area (Å²) in [6, 6.07) is 7.27. The van der Waals surface area contributed by atoms with Gasteiger partial charge in [-0.05, 0) is 43.4 Å². The highest BCUT2D eigenvalue weighted by molar-refractivity contribution is 5.71. The van der Waals surface area contributed by atoms with E-state index in [1.807, 2.05) is 38.1 Å². The first-order valence-electron chi connectivity index (χ1n) is 7.16. The second-order valence-corrected chi connectivity index (χ2v) is 5.63. The minimum atomic E-state index is -0.802. The molecule has 0 spiro atoms. The fourth-order valence-corrected chi connectivity index (χ4v) is 3.14. The van der Waals surface area contributed by atoms with Gasteiger partial charge < -0.3 is 14.9 Å². The van der Waals surface area contributed by atoms with E-state index in [9.17, 15) is 15.0 Å². The maximum atomic E-state index is 11.3. The molecular formula is C16H22O4. The summed E-state index contributed by atoms with van der Waals surface area (Å²) < 4.78 is 5.37. The molecule has 2 rings (SSSR count). The summed E-state index contributed by atoms with van der Waals surface area (Å²) in [5.41, 5.74) is 0.763. The number of aliphatic hydroxyl groups is 1. The average Bonchev–Trinajstić information content (AvgIpc) is 2.81. The highest BCUT2D eigenvalue weighted by Crippen LogP contribution is 2.43. The first-order valence-corrected chi connectivity index (χ1v) is 7.16. The second kappa shape index (κ2) is 6.27. The van der Waals surface area contributed by atoms with Gasteiger partial charge in [0.2, 0.25) is 0 Å². The number of aliphatic carboxylic acids is 1. The van der Waals surface area contributed by atoms with Gasteiger partial charge in [0.25, 0.3) is 0 Å². The van der Waals surface area contributed by atoms with Crippen LogP contribution in [0, 0.1) is 17.8 Å². The van der Waals surface area contributed by atoms with Crippen LogP contribution in [-0.4, -0.2) is 22.8 Å². The van der Waals surface area contributed by atoms with Crippen molar-refractivity contribution in [1.29, 1.82) is 0 Å². The zero-order valence-electron chi connectivity index (χ0n) is 12.0. The number of ether oxygens (including phenoxy) is 1. The molecule has 4 heteroatoms. The van der Waals surface area contributed by atoms with Gasteiger partial charge in [-0.2, -0.15) is 0 Å². The third kappa shape index (κ3) is 3.12. The van der Waals surface area contributed by atoms with Crippen LogP contribution in [-0.2, 0) is 4.79 Å². The van der Waals surface area contributed by atoms with Crippen LogP contribution in [0.25, 0.3) is 0 Å². The number of carboxylic acids is 1. The van der Waals surface area contributed by atoms with E-state index in [4.69, 9.17) is 4.74 Å². The molecule has 1 aromatic rings. The van der Waals surface area contributed by atoms with Gasteiger partial charge in [-0.1, -0.05) is 19.1 Å². The van der Waals surface area contributed by atoms with Crippen molar-refractivity contribution in [3.05, 3.63) is 29.8 Å². The van der Waals surface area contributed by atoms with E-state index in [0.717, 1.165) is 17.7 Å². The van der Waals surface area contributed by atoms with Crippen LogP contribution in [0.1, 0.15) is 38.4 Å². The van der Waals surface area contributed by atoms with E-state index in [-0.39, 0.29) is 5.92 Å². The zero-order valence-corrected chi connectivity index (χ0v) is 12.0. The Kier molecular flexibility index (Phi) is 4.65. The van der Waals surface area contributed by atoms with Crippen molar-refractivity contribution in [2.24, 2.45) is 17.8 Å². The van der Waals surface area contributed by atoms with Gasteiger partial charge in [-0.15, -0.1) is 0 Å². The van der Waals surface area contributed by atoms with Crippen molar-refractivity contribution < 1.29 is 19.7 Å². The quantitative estimate of drug-likeness (QED) is 0.869. The molecule has 20 heavy (non-hydrogen) atoms. The number of benzene rings is 1. The largest absolute Gasteiger partial charge is 0.494 e. The Morgan fingerprint density at radius 1 is 1.35 bits per heavy atom. The molecule has 2 N–H and O–H groups in total. The Morgan fingerprint density at radius 3 is 2.55 bits per heavy atom. The standard InChI is InChI=1S/C16H22O4/c1-3-20-12-6-4-11(5-7-12)15(17)13-8-10(2)9-14(13)16(18)19/h4-7,10,13-15,17H,3,8-9H2,1-2H3,(H,18,19). The third-order valence-electron chi connectivity index (χ3n) is 4.10. The minimum Gasteiger partial charge on any atom is -0.494 e. The molecule has 0 radical (unpaired) electrons. The van der Waals surface area contributed by atoms with E-state index in [2.05, 4.69) is 0 Å². The monoisotopic (exact) mass is 278 g/mol. The Balaban J connectivity index is 2.13. The third-order valence-corrected chi connectivity index (χ3v) is 4.10. The molecule has 1 saturated carbocycles. The van der Waals surface area contributed by atoms with E-state index in [0.29, 0.717) is 18.9 Å². The molecule has 1 aliphatic carbocycles. The number of hydrogen-bond donors (Lipinski definition) is 2. The van der Waals surface area contributed by atoms with Gasteiger partial charge in [0.1, 0.15) is 5.75 Å². The van der Waals surface area contributed by atoms with Gasteiger partial charge in [-0.3, -0.25) is 4.79 Å². The van der Waals surface area contributed by atoms with Gasteiger partial charge in [0.15, 0.2) is 0 Å². The topological polar surface area (TPSA) is 66.8 Å². The summed E-state index contributed by atoms with van der Waals surface area (Å²) in [5, 5.41) is 19.8. The lowest BCUT2D eigenvalue weighted by molar-refractivity contribution is -0.144. The van der Waals surface area contributed by atoms with Crippen LogP contribution in [0.5, 0.6) is 5.75 Å². The highest BCUT2D eigenvalue weighted by Gasteiger charge is 2.41. The highest BCUT2D eigenvalue weighted by atomic mass is 16.5. The van der Waals surface area contributed by atoms with E-state index < -0.39 is 18.0 Å². The summed E-state index contributed by atoms with van der Waals surface area (Å²) in [4.78, 5) is 11.3. The lowest BCUT2D eigenvalue weighted by Gasteiger charge is -2.22. The molecule has 0 heterocycles. The molecular weight excluding hydrogens is 256 g/mol. The molecule has 1 aromatic carbocycles.